The van der Waals surface area contributed by atoms with E-state index >= 15 is 0 Å². The Morgan fingerprint density at radius 2 is 1.50 bits per heavy atom. The number of anilines is 1. The molecule has 1 saturated heterocycles. The van der Waals surface area contributed by atoms with Crippen molar-refractivity contribution >= 4 is 36.0 Å². The third kappa shape index (κ3) is 4.89. The number of hydrogen-bond acceptors (Lipinski definition) is 7. The maximum Gasteiger partial charge on any atom is 0.226 e. The van der Waals surface area contributed by atoms with Gasteiger partial charge in [0.15, 0.2) is 5.03 Å². The quantitative estimate of drug-likeness (QED) is 0.501. The van der Waals surface area contributed by atoms with Gasteiger partial charge in [-0.05, 0) is 37.5 Å². The molecule has 3 aromatic rings. The minimum Gasteiger partial charge on any atom is -0.361 e. The number of thiazole rings is 1. The molecule has 0 saturated carbocycles. The Kier molecular flexibility index (Phi) is 6.69. The van der Waals surface area contributed by atoms with Crippen LogP contribution in [0.5, 0.6) is 0 Å². The molecule has 0 aliphatic carbocycles. The van der Waals surface area contributed by atoms with Gasteiger partial charge in [0, 0.05) is 13.1 Å². The van der Waals surface area contributed by atoms with Gasteiger partial charge < -0.3 is 4.90 Å². The molecular weight excluding hydrogens is 464 g/mol. The van der Waals surface area contributed by atoms with Crippen molar-refractivity contribution in [3.8, 4) is 0 Å². The number of benzene rings is 2. The van der Waals surface area contributed by atoms with Crippen molar-refractivity contribution in [2.75, 3.05) is 18.0 Å². The molecule has 2 heterocycles. The summed E-state index contributed by atoms with van der Waals surface area (Å²) >= 11 is 0.974. The molecule has 6 nitrogen and oxygen atoms in total. The highest BCUT2D eigenvalue weighted by atomic mass is 32.2. The van der Waals surface area contributed by atoms with Crippen molar-refractivity contribution in [3.05, 3.63) is 65.7 Å². The van der Waals surface area contributed by atoms with Crippen molar-refractivity contribution in [1.82, 2.24) is 4.98 Å². The van der Waals surface area contributed by atoms with Crippen LogP contribution in [0.4, 0.5) is 5.00 Å². The van der Waals surface area contributed by atoms with Gasteiger partial charge in [-0.2, -0.15) is 0 Å². The highest BCUT2D eigenvalue weighted by Crippen LogP contribution is 2.39. The highest BCUT2D eigenvalue weighted by Gasteiger charge is 2.33. The Labute approximate surface area is 193 Å². The van der Waals surface area contributed by atoms with E-state index in [9.17, 15) is 16.8 Å². The normalized spacial score (nSPS) is 15.5. The molecule has 0 N–H and O–H groups in total. The van der Waals surface area contributed by atoms with Crippen molar-refractivity contribution < 1.29 is 16.8 Å². The van der Waals surface area contributed by atoms with Crippen molar-refractivity contribution in [2.24, 2.45) is 0 Å². The van der Waals surface area contributed by atoms with Gasteiger partial charge in [-0.3, -0.25) is 0 Å². The molecule has 0 amide bonds. The van der Waals surface area contributed by atoms with Crippen LogP contribution >= 0.6 is 11.3 Å². The number of sulfone groups is 2. The lowest BCUT2D eigenvalue weighted by Gasteiger charge is -2.21. The van der Waals surface area contributed by atoms with Crippen molar-refractivity contribution in [1.29, 1.82) is 0 Å². The molecule has 1 aliphatic rings. The molecule has 0 atom stereocenters. The molecule has 4 rings (SSSR count). The van der Waals surface area contributed by atoms with Crippen molar-refractivity contribution in [3.63, 3.8) is 0 Å². The first kappa shape index (κ1) is 22.9. The van der Waals surface area contributed by atoms with Crippen LogP contribution in [0.15, 0.2) is 68.9 Å². The molecule has 0 unspecified atom stereocenters. The SMILES string of the molecule is Cc1ccc(S(=O)(=O)c2nc(S(=O)(=O)Cc3ccccc3)sc2N2CCCCCC2)cc1. The zero-order valence-electron chi connectivity index (χ0n) is 17.9. The number of rotatable bonds is 6. The minimum atomic E-state index is -3.97. The first-order valence-electron chi connectivity index (χ1n) is 10.6. The fraction of sp³-hybridized carbons (Fsp3) is 0.348. The van der Waals surface area contributed by atoms with E-state index in [-0.39, 0.29) is 20.0 Å². The largest absolute Gasteiger partial charge is 0.361 e. The summed E-state index contributed by atoms with van der Waals surface area (Å²) in [5.74, 6) is -0.217. The van der Waals surface area contributed by atoms with Crippen LogP contribution in [0.2, 0.25) is 0 Å². The van der Waals surface area contributed by atoms with Crippen LogP contribution in [0.1, 0.15) is 36.8 Å². The first-order chi connectivity index (χ1) is 15.3. The van der Waals surface area contributed by atoms with Gasteiger partial charge in [0.05, 0.1) is 10.6 Å². The van der Waals surface area contributed by atoms with Gasteiger partial charge in [0.2, 0.25) is 24.0 Å². The van der Waals surface area contributed by atoms with Crippen LogP contribution in [-0.2, 0) is 25.4 Å². The topological polar surface area (TPSA) is 84.4 Å². The van der Waals surface area contributed by atoms with Crippen LogP contribution in [0.3, 0.4) is 0 Å². The van der Waals surface area contributed by atoms with E-state index in [1.54, 1.807) is 48.5 Å². The summed E-state index contributed by atoms with van der Waals surface area (Å²) in [7, 11) is -7.76. The molecule has 32 heavy (non-hydrogen) atoms. The van der Waals surface area contributed by atoms with E-state index in [0.717, 1.165) is 42.6 Å². The Bertz CT molecular complexity index is 1270. The van der Waals surface area contributed by atoms with Gasteiger partial charge in [-0.25, -0.2) is 21.8 Å². The van der Waals surface area contributed by atoms with Gasteiger partial charge in [0.1, 0.15) is 5.00 Å². The molecule has 0 spiro atoms. The van der Waals surface area contributed by atoms with Crippen LogP contribution in [-0.4, -0.2) is 34.9 Å². The second-order valence-corrected chi connectivity index (χ2v) is 13.1. The highest BCUT2D eigenvalue weighted by molar-refractivity contribution is 7.93. The maximum atomic E-state index is 13.5. The summed E-state index contributed by atoms with van der Waals surface area (Å²) in [6, 6.07) is 15.4. The summed E-state index contributed by atoms with van der Waals surface area (Å²) in [5, 5.41) is 0.277. The minimum absolute atomic E-state index is 0.122. The summed E-state index contributed by atoms with van der Waals surface area (Å²) in [5.41, 5.74) is 1.59. The second kappa shape index (κ2) is 9.33. The smallest absolute Gasteiger partial charge is 0.226 e. The Balaban J connectivity index is 1.80. The van der Waals surface area contributed by atoms with Crippen LogP contribution in [0.25, 0.3) is 0 Å². The van der Waals surface area contributed by atoms with E-state index in [1.807, 2.05) is 17.9 Å². The van der Waals surface area contributed by atoms with E-state index in [2.05, 4.69) is 4.98 Å². The Morgan fingerprint density at radius 3 is 2.12 bits per heavy atom. The molecule has 1 aromatic heterocycles. The van der Waals surface area contributed by atoms with Crippen LogP contribution < -0.4 is 4.90 Å². The molecule has 1 aliphatic heterocycles. The molecule has 0 bridgehead atoms. The van der Waals surface area contributed by atoms with Gasteiger partial charge in [-0.15, -0.1) is 0 Å². The summed E-state index contributed by atoms with van der Waals surface area (Å²) in [4.78, 5) is 6.37. The molecule has 2 aromatic carbocycles. The number of aryl methyl sites for hydroxylation is 1. The lowest BCUT2D eigenvalue weighted by Crippen LogP contribution is -2.24. The molecule has 1 fully saturated rings. The molecular formula is C23H26N2O4S3. The fourth-order valence-electron chi connectivity index (χ4n) is 3.75. The van der Waals surface area contributed by atoms with E-state index < -0.39 is 19.7 Å². The first-order valence-corrected chi connectivity index (χ1v) is 14.6. The summed E-state index contributed by atoms with van der Waals surface area (Å²) in [6.07, 6.45) is 4.03. The predicted octanol–water partition coefficient (Wildman–Crippen LogP) is 4.64. The third-order valence-corrected chi connectivity index (χ3v) is 10.6. The lowest BCUT2D eigenvalue weighted by atomic mass is 10.2. The number of hydrogen-bond donors (Lipinski definition) is 0. The lowest BCUT2D eigenvalue weighted by molar-refractivity contribution is 0.588. The number of aromatic nitrogens is 1. The zero-order chi connectivity index (χ0) is 22.8. The Hall–Kier alpha value is -2.23. The molecule has 9 heteroatoms. The molecule has 170 valence electrons. The van der Waals surface area contributed by atoms with E-state index in [4.69, 9.17) is 0 Å². The fourth-order valence-corrected chi connectivity index (χ4v) is 8.26. The molecule has 0 radical (unpaired) electrons. The van der Waals surface area contributed by atoms with Crippen LogP contribution in [0, 0.1) is 6.92 Å². The predicted molar refractivity (Wildman–Crippen MR) is 127 cm³/mol. The van der Waals surface area contributed by atoms with Gasteiger partial charge in [0.25, 0.3) is 0 Å². The number of nitrogens with zero attached hydrogens (tertiary/aromatic N) is 2. The van der Waals surface area contributed by atoms with E-state index in [1.165, 1.54) is 0 Å². The van der Waals surface area contributed by atoms with Crippen molar-refractivity contribution in [2.45, 2.75) is 52.6 Å². The monoisotopic (exact) mass is 490 g/mol. The third-order valence-electron chi connectivity index (χ3n) is 5.50. The van der Waals surface area contributed by atoms with Gasteiger partial charge >= 0.3 is 0 Å². The standard InChI is InChI=1S/C23H26N2O4S3/c1-18-11-13-20(14-12-18)32(28,29)21-22(25-15-7-2-3-8-16-25)30-23(24-21)31(26,27)17-19-9-5-4-6-10-19/h4-6,9-14H,2-3,7-8,15-17H2,1H3. The summed E-state index contributed by atoms with van der Waals surface area (Å²) < 4.78 is 53.2. The van der Waals surface area contributed by atoms with E-state index in [0.29, 0.717) is 23.7 Å². The summed E-state index contributed by atoms with van der Waals surface area (Å²) in [6.45, 7) is 3.27. The second-order valence-electron chi connectivity index (χ2n) is 8.05. The Morgan fingerprint density at radius 1 is 0.875 bits per heavy atom. The average Bonchev–Trinajstić information content (AvgIpc) is 3.06. The average molecular weight is 491 g/mol. The maximum absolute atomic E-state index is 13.5. The van der Waals surface area contributed by atoms with Gasteiger partial charge in [-0.1, -0.05) is 72.2 Å². The zero-order valence-corrected chi connectivity index (χ0v) is 20.3.